The van der Waals surface area contributed by atoms with Gasteiger partial charge in [-0.05, 0) is 42.2 Å². The third kappa shape index (κ3) is 5.06. The number of halogens is 1. The predicted octanol–water partition coefficient (Wildman–Crippen LogP) is 3.68. The molecule has 0 unspecified atom stereocenters. The summed E-state index contributed by atoms with van der Waals surface area (Å²) in [6.45, 7) is 0.0412. The average molecular weight is 447 g/mol. The molecule has 2 aromatic rings. The standard InChI is InChI=1S/C26H27FN4O2/c1-2-22(19-9-5-3-6-10-19)29-24(33)20-13-18(14-21(27)15-20)17-31-23(32)16-26(30-25(31)28)11-7-4-8-12-26/h1,3,5-6,9-10,13-15,22H,4,7-8,11-12,16-17H2,(H2,28,30)(H,29,33)/t22-/m0/s1. The molecule has 0 radical (unpaired) electrons. The zero-order valence-corrected chi connectivity index (χ0v) is 18.4. The Labute approximate surface area is 193 Å². The SMILES string of the molecule is C#C[C@H](NC(=O)c1cc(F)cc(CN2C(=O)CC3(CCCCC3)N=C2N)c1)c1ccccc1. The van der Waals surface area contributed by atoms with Crippen molar-refractivity contribution in [1.29, 1.82) is 0 Å². The number of aliphatic imine (C=N–C) groups is 1. The highest BCUT2D eigenvalue weighted by molar-refractivity contribution is 5.99. The van der Waals surface area contributed by atoms with Crippen molar-refractivity contribution in [3.63, 3.8) is 0 Å². The normalized spacial score (nSPS) is 18.4. The van der Waals surface area contributed by atoms with Crippen LogP contribution in [0.3, 0.4) is 0 Å². The van der Waals surface area contributed by atoms with Gasteiger partial charge in [0.05, 0.1) is 18.5 Å². The first-order valence-corrected chi connectivity index (χ1v) is 11.2. The second kappa shape index (κ2) is 9.45. The van der Waals surface area contributed by atoms with E-state index >= 15 is 0 Å². The Morgan fingerprint density at radius 3 is 2.61 bits per heavy atom. The van der Waals surface area contributed by atoms with Gasteiger partial charge in [-0.15, -0.1) is 6.42 Å². The van der Waals surface area contributed by atoms with Gasteiger partial charge in [-0.1, -0.05) is 55.5 Å². The van der Waals surface area contributed by atoms with E-state index < -0.39 is 23.3 Å². The molecular weight excluding hydrogens is 419 g/mol. The molecule has 6 nitrogen and oxygen atoms in total. The number of carbonyl (C=O) groups excluding carboxylic acids is 2. The van der Waals surface area contributed by atoms with Gasteiger partial charge >= 0.3 is 0 Å². The van der Waals surface area contributed by atoms with Gasteiger partial charge in [0.25, 0.3) is 5.91 Å². The number of amides is 2. The molecule has 3 N–H and O–H groups in total. The molecule has 33 heavy (non-hydrogen) atoms. The van der Waals surface area contributed by atoms with E-state index in [2.05, 4.69) is 16.2 Å². The van der Waals surface area contributed by atoms with Gasteiger partial charge in [-0.3, -0.25) is 14.5 Å². The third-order valence-electron chi connectivity index (χ3n) is 6.33. The van der Waals surface area contributed by atoms with Crippen molar-refractivity contribution in [1.82, 2.24) is 10.2 Å². The number of nitrogens with zero attached hydrogens (tertiary/aromatic N) is 2. The van der Waals surface area contributed by atoms with E-state index in [0.29, 0.717) is 12.0 Å². The van der Waals surface area contributed by atoms with Crippen molar-refractivity contribution in [3.05, 3.63) is 71.0 Å². The summed E-state index contributed by atoms with van der Waals surface area (Å²) < 4.78 is 14.4. The van der Waals surface area contributed by atoms with Crippen molar-refractivity contribution in [2.45, 2.75) is 56.7 Å². The first-order valence-electron chi connectivity index (χ1n) is 11.2. The van der Waals surface area contributed by atoms with Crippen LogP contribution >= 0.6 is 0 Å². The van der Waals surface area contributed by atoms with Crippen LogP contribution in [-0.2, 0) is 11.3 Å². The number of benzene rings is 2. The molecule has 1 aliphatic heterocycles. The van der Waals surface area contributed by atoms with E-state index in [1.165, 1.54) is 11.0 Å². The number of terminal acetylenes is 1. The highest BCUT2D eigenvalue weighted by Gasteiger charge is 2.40. The number of guanidine groups is 1. The summed E-state index contributed by atoms with van der Waals surface area (Å²) in [6.07, 6.45) is 10.8. The Morgan fingerprint density at radius 1 is 1.21 bits per heavy atom. The van der Waals surface area contributed by atoms with Crippen molar-refractivity contribution < 1.29 is 14.0 Å². The number of nitrogens with one attached hydrogen (secondary N) is 1. The summed E-state index contributed by atoms with van der Waals surface area (Å²) in [5.74, 6) is 1.48. The van der Waals surface area contributed by atoms with E-state index in [-0.39, 0.29) is 24.0 Å². The maximum atomic E-state index is 14.4. The predicted molar refractivity (Wildman–Crippen MR) is 124 cm³/mol. The fourth-order valence-corrected chi connectivity index (χ4v) is 4.65. The van der Waals surface area contributed by atoms with Gasteiger partial charge in [0, 0.05) is 5.56 Å². The van der Waals surface area contributed by atoms with Gasteiger partial charge in [-0.2, -0.15) is 0 Å². The van der Waals surface area contributed by atoms with Crippen LogP contribution < -0.4 is 11.1 Å². The highest BCUT2D eigenvalue weighted by atomic mass is 19.1. The van der Waals surface area contributed by atoms with Crippen LogP contribution in [0.25, 0.3) is 0 Å². The van der Waals surface area contributed by atoms with Crippen molar-refractivity contribution in [3.8, 4) is 12.3 Å². The molecule has 1 aliphatic carbocycles. The highest BCUT2D eigenvalue weighted by Crippen LogP contribution is 2.37. The molecule has 0 saturated heterocycles. The van der Waals surface area contributed by atoms with E-state index in [9.17, 15) is 14.0 Å². The fraction of sp³-hybridized carbons (Fsp3) is 0.346. The van der Waals surface area contributed by atoms with Crippen molar-refractivity contribution in [2.75, 3.05) is 0 Å². The van der Waals surface area contributed by atoms with Crippen LogP contribution in [0.5, 0.6) is 0 Å². The van der Waals surface area contributed by atoms with Gasteiger partial charge in [0.1, 0.15) is 11.9 Å². The fourth-order valence-electron chi connectivity index (χ4n) is 4.65. The number of rotatable bonds is 5. The molecule has 170 valence electrons. The Kier molecular flexibility index (Phi) is 6.45. The zero-order valence-electron chi connectivity index (χ0n) is 18.4. The van der Waals surface area contributed by atoms with Gasteiger partial charge < -0.3 is 11.1 Å². The summed E-state index contributed by atoms with van der Waals surface area (Å²) in [6, 6.07) is 12.4. The Bertz CT molecular complexity index is 1120. The molecule has 7 heteroatoms. The summed E-state index contributed by atoms with van der Waals surface area (Å²) >= 11 is 0. The van der Waals surface area contributed by atoms with Crippen LogP contribution in [0.4, 0.5) is 4.39 Å². The first-order chi connectivity index (χ1) is 15.9. The molecule has 0 aromatic heterocycles. The largest absolute Gasteiger partial charge is 0.369 e. The summed E-state index contributed by atoms with van der Waals surface area (Å²) in [5.41, 5.74) is 7.09. The van der Waals surface area contributed by atoms with Crippen LogP contribution in [0.2, 0.25) is 0 Å². The molecular formula is C26H27FN4O2. The smallest absolute Gasteiger partial charge is 0.252 e. The molecule has 4 rings (SSSR count). The van der Waals surface area contributed by atoms with E-state index in [0.717, 1.165) is 43.7 Å². The number of carbonyl (C=O) groups is 2. The molecule has 2 aromatic carbocycles. The lowest BCUT2D eigenvalue weighted by molar-refractivity contribution is -0.130. The molecule has 1 atom stereocenters. The van der Waals surface area contributed by atoms with E-state index in [4.69, 9.17) is 12.2 Å². The minimum atomic E-state index is -0.649. The number of hydrogen-bond donors (Lipinski definition) is 2. The van der Waals surface area contributed by atoms with Crippen molar-refractivity contribution >= 4 is 17.8 Å². The maximum Gasteiger partial charge on any atom is 0.252 e. The van der Waals surface area contributed by atoms with Crippen LogP contribution in [-0.4, -0.2) is 28.2 Å². The lowest BCUT2D eigenvalue weighted by atomic mass is 9.79. The Hall–Kier alpha value is -3.66. The van der Waals surface area contributed by atoms with Crippen LogP contribution in [0, 0.1) is 18.2 Å². The minimum Gasteiger partial charge on any atom is -0.369 e. The van der Waals surface area contributed by atoms with Gasteiger partial charge in [-0.25, -0.2) is 9.38 Å². The van der Waals surface area contributed by atoms with Gasteiger partial charge in [0.15, 0.2) is 5.96 Å². The number of nitrogens with two attached hydrogens (primary N) is 1. The third-order valence-corrected chi connectivity index (χ3v) is 6.33. The molecule has 2 aliphatic rings. The number of hydrogen-bond acceptors (Lipinski definition) is 4. The molecule has 2 amide bonds. The van der Waals surface area contributed by atoms with E-state index in [1.807, 2.05) is 30.3 Å². The zero-order chi connectivity index (χ0) is 23.4. The second-order valence-corrected chi connectivity index (χ2v) is 8.74. The molecule has 1 spiro atoms. The lowest BCUT2D eigenvalue weighted by Crippen LogP contribution is -2.51. The summed E-state index contributed by atoms with van der Waals surface area (Å²) in [5, 5.41) is 2.74. The molecule has 0 bridgehead atoms. The first kappa shape index (κ1) is 22.5. The van der Waals surface area contributed by atoms with Crippen molar-refractivity contribution in [2.24, 2.45) is 10.7 Å². The second-order valence-electron chi connectivity index (χ2n) is 8.74. The molecule has 1 saturated carbocycles. The van der Waals surface area contributed by atoms with E-state index in [1.54, 1.807) is 6.07 Å². The quantitative estimate of drug-likeness (QED) is 0.687. The summed E-state index contributed by atoms with van der Waals surface area (Å²) in [4.78, 5) is 31.7. The molecule has 1 fully saturated rings. The monoisotopic (exact) mass is 446 g/mol. The van der Waals surface area contributed by atoms with Crippen LogP contribution in [0.15, 0.2) is 53.5 Å². The lowest BCUT2D eigenvalue weighted by Gasteiger charge is -2.39. The van der Waals surface area contributed by atoms with Gasteiger partial charge in [0.2, 0.25) is 5.91 Å². The summed E-state index contributed by atoms with van der Waals surface area (Å²) in [7, 11) is 0. The Morgan fingerprint density at radius 2 is 1.94 bits per heavy atom. The minimum absolute atomic E-state index is 0.0412. The Balaban J connectivity index is 1.52. The maximum absolute atomic E-state index is 14.4. The molecule has 1 heterocycles. The average Bonchev–Trinajstić information content (AvgIpc) is 2.80. The topological polar surface area (TPSA) is 87.8 Å². The van der Waals surface area contributed by atoms with Crippen LogP contribution in [0.1, 0.15) is 66.1 Å².